The molecule has 1 aliphatic rings. The molecular formula is C14H22N2O2. The van der Waals surface area contributed by atoms with E-state index in [0.717, 1.165) is 37.9 Å². The molecule has 0 radical (unpaired) electrons. The first-order chi connectivity index (χ1) is 8.61. The average Bonchev–Trinajstić information content (AvgIpc) is 2.74. The molecule has 18 heavy (non-hydrogen) atoms. The quantitative estimate of drug-likeness (QED) is 0.893. The van der Waals surface area contributed by atoms with Crippen LogP contribution in [0.5, 0.6) is 0 Å². The highest BCUT2D eigenvalue weighted by Crippen LogP contribution is 2.37. The maximum Gasteiger partial charge on any atom is 0.306 e. The fraction of sp³-hybridized carbons (Fsp3) is 0.714. The van der Waals surface area contributed by atoms with Crippen LogP contribution in [0.25, 0.3) is 0 Å². The maximum atomic E-state index is 11.3. The van der Waals surface area contributed by atoms with Gasteiger partial charge < -0.3 is 9.67 Å². The Kier molecular flexibility index (Phi) is 4.04. The van der Waals surface area contributed by atoms with Crippen molar-refractivity contribution in [2.24, 2.45) is 24.8 Å². The third-order valence-electron chi connectivity index (χ3n) is 4.35. The summed E-state index contributed by atoms with van der Waals surface area (Å²) < 4.78 is 1.99. The van der Waals surface area contributed by atoms with Crippen molar-refractivity contribution in [1.29, 1.82) is 0 Å². The van der Waals surface area contributed by atoms with Crippen LogP contribution in [0.2, 0.25) is 0 Å². The lowest BCUT2D eigenvalue weighted by atomic mass is 9.72. The van der Waals surface area contributed by atoms with Crippen molar-refractivity contribution >= 4 is 5.97 Å². The Labute approximate surface area is 108 Å². The van der Waals surface area contributed by atoms with Crippen LogP contribution in [-0.2, 0) is 18.3 Å². The first-order valence-corrected chi connectivity index (χ1v) is 6.80. The summed E-state index contributed by atoms with van der Waals surface area (Å²) in [6.07, 6.45) is 8.56. The van der Waals surface area contributed by atoms with Crippen molar-refractivity contribution in [2.45, 2.75) is 39.0 Å². The van der Waals surface area contributed by atoms with Gasteiger partial charge in [-0.05, 0) is 31.1 Å². The molecule has 1 heterocycles. The second-order valence-electron chi connectivity index (χ2n) is 5.45. The zero-order valence-electron chi connectivity index (χ0n) is 11.2. The number of imidazole rings is 1. The molecule has 1 saturated carbocycles. The lowest BCUT2D eigenvalue weighted by Gasteiger charge is -2.33. The monoisotopic (exact) mass is 250 g/mol. The van der Waals surface area contributed by atoms with Gasteiger partial charge in [-0.2, -0.15) is 0 Å². The molecule has 2 rings (SSSR count). The van der Waals surface area contributed by atoms with E-state index in [1.165, 1.54) is 0 Å². The topological polar surface area (TPSA) is 55.1 Å². The van der Waals surface area contributed by atoms with Crippen molar-refractivity contribution in [2.75, 3.05) is 0 Å². The molecule has 1 aliphatic carbocycles. The van der Waals surface area contributed by atoms with Gasteiger partial charge in [-0.1, -0.05) is 13.3 Å². The lowest BCUT2D eigenvalue weighted by molar-refractivity contribution is -0.145. The summed E-state index contributed by atoms with van der Waals surface area (Å²) in [5.41, 5.74) is 0. The maximum absolute atomic E-state index is 11.3. The van der Waals surface area contributed by atoms with Gasteiger partial charge in [-0.25, -0.2) is 4.98 Å². The van der Waals surface area contributed by atoms with E-state index in [1.807, 2.05) is 17.8 Å². The number of aliphatic carboxylic acids is 1. The minimum absolute atomic E-state index is 0.190. The third-order valence-corrected chi connectivity index (χ3v) is 4.35. The van der Waals surface area contributed by atoms with Crippen molar-refractivity contribution in [1.82, 2.24) is 9.55 Å². The van der Waals surface area contributed by atoms with Gasteiger partial charge in [0.1, 0.15) is 5.82 Å². The van der Waals surface area contributed by atoms with E-state index in [4.69, 9.17) is 0 Å². The number of hydrogen-bond acceptors (Lipinski definition) is 2. The Morgan fingerprint density at radius 1 is 1.56 bits per heavy atom. The number of hydrogen-bond donors (Lipinski definition) is 1. The van der Waals surface area contributed by atoms with E-state index in [1.54, 1.807) is 6.20 Å². The Morgan fingerprint density at radius 2 is 2.33 bits per heavy atom. The molecule has 1 aromatic rings. The van der Waals surface area contributed by atoms with Crippen molar-refractivity contribution in [3.8, 4) is 0 Å². The van der Waals surface area contributed by atoms with E-state index in [9.17, 15) is 9.90 Å². The minimum atomic E-state index is -0.635. The molecule has 0 aliphatic heterocycles. The predicted molar refractivity (Wildman–Crippen MR) is 69.2 cm³/mol. The summed E-state index contributed by atoms with van der Waals surface area (Å²) in [7, 11) is 1.97. The molecule has 0 bridgehead atoms. The minimum Gasteiger partial charge on any atom is -0.481 e. The zero-order valence-corrected chi connectivity index (χ0v) is 11.2. The Balaban J connectivity index is 2.10. The fourth-order valence-electron chi connectivity index (χ4n) is 3.11. The number of carboxylic acid groups (broad SMARTS) is 1. The van der Waals surface area contributed by atoms with Gasteiger partial charge in [0.25, 0.3) is 0 Å². The van der Waals surface area contributed by atoms with Crippen LogP contribution in [-0.4, -0.2) is 20.6 Å². The molecular weight excluding hydrogens is 228 g/mol. The second kappa shape index (κ2) is 5.55. The van der Waals surface area contributed by atoms with Gasteiger partial charge in [0.05, 0.1) is 5.92 Å². The molecule has 0 aromatic carbocycles. The lowest BCUT2D eigenvalue weighted by Crippen LogP contribution is -2.32. The highest BCUT2D eigenvalue weighted by molar-refractivity contribution is 5.70. The second-order valence-corrected chi connectivity index (χ2v) is 5.45. The molecule has 1 aromatic heterocycles. The van der Waals surface area contributed by atoms with Gasteiger partial charge in [0, 0.05) is 25.9 Å². The highest BCUT2D eigenvalue weighted by Gasteiger charge is 2.34. The normalized spacial score (nSPS) is 28.2. The largest absolute Gasteiger partial charge is 0.481 e. The number of carboxylic acids is 1. The van der Waals surface area contributed by atoms with E-state index in [2.05, 4.69) is 11.9 Å². The third kappa shape index (κ3) is 2.74. The smallest absolute Gasteiger partial charge is 0.306 e. The predicted octanol–water partition coefficient (Wildman–Crippen LogP) is 2.49. The van der Waals surface area contributed by atoms with Crippen LogP contribution >= 0.6 is 0 Å². The van der Waals surface area contributed by atoms with Crippen molar-refractivity contribution in [3.05, 3.63) is 18.2 Å². The summed E-state index contributed by atoms with van der Waals surface area (Å²) in [5, 5.41) is 9.34. The van der Waals surface area contributed by atoms with Crippen LogP contribution in [0.1, 0.15) is 38.4 Å². The molecule has 0 amide bonds. The van der Waals surface area contributed by atoms with Gasteiger partial charge in [0.15, 0.2) is 0 Å². The number of carbonyl (C=O) groups is 1. The molecule has 0 spiro atoms. The Bertz CT molecular complexity index is 414. The summed E-state index contributed by atoms with van der Waals surface area (Å²) in [6, 6.07) is 0. The summed E-state index contributed by atoms with van der Waals surface area (Å²) in [6.45, 7) is 2.20. The number of aryl methyl sites for hydroxylation is 1. The summed E-state index contributed by atoms with van der Waals surface area (Å²) in [4.78, 5) is 15.7. The molecule has 4 nitrogen and oxygen atoms in total. The van der Waals surface area contributed by atoms with Crippen LogP contribution < -0.4 is 0 Å². The van der Waals surface area contributed by atoms with Gasteiger partial charge >= 0.3 is 5.97 Å². The van der Waals surface area contributed by atoms with Gasteiger partial charge in [0.2, 0.25) is 0 Å². The molecule has 3 atom stereocenters. The molecule has 100 valence electrons. The Hall–Kier alpha value is -1.32. The van der Waals surface area contributed by atoms with E-state index >= 15 is 0 Å². The van der Waals surface area contributed by atoms with Crippen LogP contribution in [0.3, 0.4) is 0 Å². The van der Waals surface area contributed by atoms with Crippen LogP contribution in [0, 0.1) is 17.8 Å². The SMILES string of the molecule is CCC1CCC(C(=O)O)C(Cc2nccn2C)C1. The van der Waals surface area contributed by atoms with Gasteiger partial charge in [-0.15, -0.1) is 0 Å². The number of rotatable bonds is 4. The highest BCUT2D eigenvalue weighted by atomic mass is 16.4. The van der Waals surface area contributed by atoms with Crippen molar-refractivity contribution < 1.29 is 9.90 Å². The van der Waals surface area contributed by atoms with Gasteiger partial charge in [-0.3, -0.25) is 4.79 Å². The van der Waals surface area contributed by atoms with Crippen LogP contribution in [0.15, 0.2) is 12.4 Å². The van der Waals surface area contributed by atoms with Crippen molar-refractivity contribution in [3.63, 3.8) is 0 Å². The zero-order chi connectivity index (χ0) is 13.1. The summed E-state index contributed by atoms with van der Waals surface area (Å²) >= 11 is 0. The fourth-order valence-corrected chi connectivity index (χ4v) is 3.11. The standard InChI is InChI=1S/C14H22N2O2/c1-3-10-4-5-12(14(17)18)11(8-10)9-13-15-6-7-16(13)2/h6-7,10-12H,3-5,8-9H2,1-2H3,(H,17,18). The molecule has 1 fully saturated rings. The average molecular weight is 250 g/mol. The first-order valence-electron chi connectivity index (χ1n) is 6.80. The number of nitrogens with zero attached hydrogens (tertiary/aromatic N) is 2. The molecule has 3 unspecified atom stereocenters. The molecule has 0 saturated heterocycles. The van der Waals surface area contributed by atoms with E-state index in [0.29, 0.717) is 5.92 Å². The van der Waals surface area contributed by atoms with E-state index < -0.39 is 5.97 Å². The van der Waals surface area contributed by atoms with Crippen LogP contribution in [0.4, 0.5) is 0 Å². The molecule has 4 heteroatoms. The molecule has 1 N–H and O–H groups in total. The number of aromatic nitrogens is 2. The Morgan fingerprint density at radius 3 is 2.89 bits per heavy atom. The van der Waals surface area contributed by atoms with E-state index in [-0.39, 0.29) is 11.8 Å². The first kappa shape index (κ1) is 13.1. The summed E-state index contributed by atoms with van der Waals surface area (Å²) in [5.74, 6) is 1.10.